The van der Waals surface area contributed by atoms with Crippen LogP contribution in [0, 0.1) is 0 Å². The molecule has 0 bridgehead atoms. The average molecular weight is 412 g/mol. The summed E-state index contributed by atoms with van der Waals surface area (Å²) in [5.74, 6) is 1.62. The number of rotatable bonds is 9. The molecule has 162 valence electrons. The Labute approximate surface area is 179 Å². The number of carbonyl (C=O) groups is 1. The maximum Gasteiger partial charge on any atom is 0.222 e. The Morgan fingerprint density at radius 3 is 2.53 bits per heavy atom. The van der Waals surface area contributed by atoms with Crippen molar-refractivity contribution in [3.8, 4) is 11.5 Å². The third kappa shape index (κ3) is 5.95. The summed E-state index contributed by atoms with van der Waals surface area (Å²) in [6, 6.07) is 12.2. The molecule has 1 saturated heterocycles. The van der Waals surface area contributed by atoms with Gasteiger partial charge in [0.05, 0.1) is 14.2 Å². The van der Waals surface area contributed by atoms with Gasteiger partial charge in [-0.3, -0.25) is 9.78 Å². The quantitative estimate of drug-likeness (QED) is 0.634. The summed E-state index contributed by atoms with van der Waals surface area (Å²) in [7, 11) is 5.20. The van der Waals surface area contributed by atoms with Gasteiger partial charge >= 0.3 is 0 Å². The van der Waals surface area contributed by atoms with Gasteiger partial charge in [-0.1, -0.05) is 12.1 Å². The van der Waals surface area contributed by atoms with Gasteiger partial charge in [-0.2, -0.15) is 0 Å². The first kappa shape index (κ1) is 22.1. The summed E-state index contributed by atoms with van der Waals surface area (Å²) in [5.41, 5.74) is 2.22. The molecule has 0 atom stereocenters. The van der Waals surface area contributed by atoms with E-state index in [0.717, 1.165) is 50.2 Å². The van der Waals surface area contributed by atoms with E-state index in [-0.39, 0.29) is 5.91 Å². The zero-order valence-corrected chi connectivity index (χ0v) is 18.3. The van der Waals surface area contributed by atoms with Crippen LogP contribution < -0.4 is 9.47 Å². The molecule has 0 N–H and O–H groups in total. The molecule has 2 heterocycles. The molecule has 2 aromatic rings. The number of carbonyl (C=O) groups excluding carboxylic acids is 1. The number of piperidine rings is 1. The molecule has 0 saturated carbocycles. The van der Waals surface area contributed by atoms with Crippen molar-refractivity contribution in [2.45, 2.75) is 38.1 Å². The van der Waals surface area contributed by atoms with Crippen LogP contribution in [0.1, 0.15) is 30.5 Å². The summed E-state index contributed by atoms with van der Waals surface area (Å²) in [5, 5.41) is 0. The SMILES string of the molecule is COc1ccc(CCC(=O)N(C)C2CCN(CCc3ccccn3)CC2)cc1OC. The molecule has 1 aliphatic rings. The van der Waals surface area contributed by atoms with Crippen molar-refractivity contribution < 1.29 is 14.3 Å². The van der Waals surface area contributed by atoms with Gasteiger partial charge in [-0.05, 0) is 49.1 Å². The van der Waals surface area contributed by atoms with Gasteiger partial charge in [0.15, 0.2) is 11.5 Å². The van der Waals surface area contributed by atoms with Gasteiger partial charge in [-0.25, -0.2) is 0 Å². The molecule has 1 aromatic carbocycles. The average Bonchev–Trinajstić information content (AvgIpc) is 2.81. The number of hydrogen-bond acceptors (Lipinski definition) is 5. The van der Waals surface area contributed by atoms with Gasteiger partial charge in [-0.15, -0.1) is 0 Å². The molecule has 0 radical (unpaired) electrons. The van der Waals surface area contributed by atoms with Crippen molar-refractivity contribution in [1.82, 2.24) is 14.8 Å². The molecule has 0 spiro atoms. The Morgan fingerprint density at radius 2 is 1.87 bits per heavy atom. The molecule has 6 heteroatoms. The van der Waals surface area contributed by atoms with Crippen LogP contribution in [0.15, 0.2) is 42.6 Å². The van der Waals surface area contributed by atoms with Gasteiger partial charge in [0.25, 0.3) is 0 Å². The topological polar surface area (TPSA) is 54.9 Å². The highest BCUT2D eigenvalue weighted by Crippen LogP contribution is 2.28. The van der Waals surface area contributed by atoms with E-state index in [0.29, 0.717) is 30.4 Å². The lowest BCUT2D eigenvalue weighted by atomic mass is 10.0. The van der Waals surface area contributed by atoms with Crippen molar-refractivity contribution in [2.24, 2.45) is 0 Å². The van der Waals surface area contributed by atoms with E-state index in [4.69, 9.17) is 9.47 Å². The zero-order valence-electron chi connectivity index (χ0n) is 18.3. The van der Waals surface area contributed by atoms with Crippen molar-refractivity contribution in [3.63, 3.8) is 0 Å². The monoisotopic (exact) mass is 411 g/mol. The molecule has 1 amide bonds. The molecule has 6 nitrogen and oxygen atoms in total. The number of benzene rings is 1. The van der Waals surface area contributed by atoms with E-state index in [9.17, 15) is 4.79 Å². The number of likely N-dealkylation sites (tertiary alicyclic amines) is 1. The Morgan fingerprint density at radius 1 is 1.10 bits per heavy atom. The van der Waals surface area contributed by atoms with Gasteiger partial charge < -0.3 is 19.3 Å². The minimum absolute atomic E-state index is 0.205. The molecule has 30 heavy (non-hydrogen) atoms. The first-order valence-corrected chi connectivity index (χ1v) is 10.7. The van der Waals surface area contributed by atoms with E-state index in [1.165, 1.54) is 0 Å². The van der Waals surface area contributed by atoms with Crippen LogP contribution in [0.5, 0.6) is 11.5 Å². The van der Waals surface area contributed by atoms with Gasteiger partial charge in [0, 0.05) is 57.5 Å². The van der Waals surface area contributed by atoms with Crippen molar-refractivity contribution in [2.75, 3.05) is 40.9 Å². The van der Waals surface area contributed by atoms with Crippen LogP contribution >= 0.6 is 0 Å². The minimum Gasteiger partial charge on any atom is -0.493 e. The molecular formula is C24H33N3O3. The first-order chi connectivity index (χ1) is 14.6. The predicted octanol–water partition coefficient (Wildman–Crippen LogP) is 3.20. The van der Waals surface area contributed by atoms with Crippen LogP contribution in [-0.2, 0) is 17.6 Å². The fourth-order valence-electron chi connectivity index (χ4n) is 4.02. The second-order valence-corrected chi connectivity index (χ2v) is 7.84. The van der Waals surface area contributed by atoms with Gasteiger partial charge in [0.1, 0.15) is 0 Å². The number of pyridine rings is 1. The van der Waals surface area contributed by atoms with Crippen LogP contribution in [0.2, 0.25) is 0 Å². The smallest absolute Gasteiger partial charge is 0.222 e. The summed E-state index contributed by atoms with van der Waals surface area (Å²) >= 11 is 0. The lowest BCUT2D eigenvalue weighted by Crippen LogP contribution is -2.46. The Balaban J connectivity index is 1.42. The van der Waals surface area contributed by atoms with Crippen molar-refractivity contribution >= 4 is 5.91 Å². The standard InChI is InChI=1S/C24H33N3O3/c1-26(24(28)10-8-19-7-9-22(29-2)23(18-19)30-3)21-12-16-27(17-13-21)15-11-20-6-4-5-14-25-20/h4-7,9,14,18,21H,8,10-13,15-17H2,1-3H3. The highest BCUT2D eigenvalue weighted by Gasteiger charge is 2.25. The second kappa shape index (κ2) is 11.0. The number of hydrogen-bond donors (Lipinski definition) is 0. The third-order valence-electron chi connectivity index (χ3n) is 5.98. The maximum absolute atomic E-state index is 12.7. The van der Waals surface area contributed by atoms with Crippen LogP contribution in [0.4, 0.5) is 0 Å². The normalized spacial score (nSPS) is 15.0. The number of nitrogens with zero attached hydrogens (tertiary/aromatic N) is 3. The van der Waals surface area contributed by atoms with Crippen molar-refractivity contribution in [1.29, 1.82) is 0 Å². The molecule has 0 aliphatic carbocycles. The van der Waals surface area contributed by atoms with Crippen LogP contribution in [0.3, 0.4) is 0 Å². The summed E-state index contributed by atoms with van der Waals surface area (Å²) in [6.45, 7) is 3.09. The Kier molecular flexibility index (Phi) is 8.08. The molecule has 3 rings (SSSR count). The molecule has 1 aromatic heterocycles. The third-order valence-corrected chi connectivity index (χ3v) is 5.98. The van der Waals surface area contributed by atoms with E-state index in [1.54, 1.807) is 14.2 Å². The first-order valence-electron chi connectivity index (χ1n) is 10.7. The van der Waals surface area contributed by atoms with E-state index in [1.807, 2.05) is 48.5 Å². The number of methoxy groups -OCH3 is 2. The number of ether oxygens (including phenoxy) is 2. The molecule has 1 fully saturated rings. The van der Waals surface area contributed by atoms with E-state index < -0.39 is 0 Å². The zero-order chi connectivity index (χ0) is 21.3. The Hall–Kier alpha value is -2.60. The molecule has 1 aliphatic heterocycles. The van der Waals surface area contributed by atoms with Crippen LogP contribution in [-0.4, -0.2) is 67.6 Å². The van der Waals surface area contributed by atoms with Crippen molar-refractivity contribution in [3.05, 3.63) is 53.9 Å². The minimum atomic E-state index is 0.205. The second-order valence-electron chi connectivity index (χ2n) is 7.84. The Bertz CT molecular complexity index is 805. The van der Waals surface area contributed by atoms with Crippen LogP contribution in [0.25, 0.3) is 0 Å². The van der Waals surface area contributed by atoms with E-state index >= 15 is 0 Å². The largest absolute Gasteiger partial charge is 0.493 e. The number of aryl methyl sites for hydroxylation is 1. The highest BCUT2D eigenvalue weighted by atomic mass is 16.5. The van der Waals surface area contributed by atoms with E-state index in [2.05, 4.69) is 16.0 Å². The fraction of sp³-hybridized carbons (Fsp3) is 0.500. The summed E-state index contributed by atoms with van der Waals surface area (Å²) in [6.07, 6.45) is 6.09. The lowest BCUT2D eigenvalue weighted by Gasteiger charge is -2.36. The molecule has 0 unspecified atom stereocenters. The predicted molar refractivity (Wildman–Crippen MR) is 118 cm³/mol. The fourth-order valence-corrected chi connectivity index (χ4v) is 4.02. The highest BCUT2D eigenvalue weighted by molar-refractivity contribution is 5.76. The number of aromatic nitrogens is 1. The number of amides is 1. The summed E-state index contributed by atoms with van der Waals surface area (Å²) in [4.78, 5) is 21.6. The maximum atomic E-state index is 12.7. The lowest BCUT2D eigenvalue weighted by molar-refractivity contribution is -0.132. The molecular weight excluding hydrogens is 378 g/mol. The van der Waals surface area contributed by atoms with Gasteiger partial charge in [0.2, 0.25) is 5.91 Å². The summed E-state index contributed by atoms with van der Waals surface area (Å²) < 4.78 is 10.6.